The lowest BCUT2D eigenvalue weighted by molar-refractivity contribution is -0.0704. The molecule has 4 fully saturated rings. The van der Waals surface area contributed by atoms with Crippen molar-refractivity contribution >= 4 is 66.7 Å². The Morgan fingerprint density at radius 2 is 0.921 bits per heavy atom. The minimum atomic E-state index is -5.56. The van der Waals surface area contributed by atoms with Crippen LogP contribution < -0.4 is 44.4 Å². The lowest BCUT2D eigenvalue weighted by Crippen LogP contribution is -2.56. The van der Waals surface area contributed by atoms with Gasteiger partial charge in [0.15, 0.2) is 6.23 Å². The minimum Gasteiger partial charge on any atom is -0.396 e. The minimum absolute atomic E-state index is 0.000842. The molecule has 50 heteroatoms. The fraction of sp³-hybridized carbons (Fsp3) is 0.706. The molecule has 18 atom stereocenters. The zero-order chi connectivity index (χ0) is 73.8. The van der Waals surface area contributed by atoms with Crippen LogP contribution in [0, 0.1) is 20.8 Å². The SMILES string of the molecule is Cc1cn(C2CC(OP(=O)(O)OCC3OC(n4cc(C)c(=O)[nH]c4=O)CC3OP(=O)(O)OCC3OC(n4cc(C)c(=O)[nH]c4=O)CC3OP(=O)(O)OCC3OC(N4C=CC(NCCCCCCOP(=O)(O)OCCCSSCCCO)NC4=O)C(O)C3O)C(COP(=O)(O)O)O2)c(=O)[nH]c1=O. The second kappa shape index (κ2) is 36.5. The van der Waals surface area contributed by atoms with Gasteiger partial charge < -0.3 is 68.9 Å². The number of nitrogens with zero attached hydrogens (tertiary/aromatic N) is 4. The Morgan fingerprint density at radius 1 is 0.515 bits per heavy atom. The van der Waals surface area contributed by atoms with Gasteiger partial charge in [-0.05, 0) is 59.1 Å². The number of aliphatic hydroxyl groups is 3. The summed E-state index contributed by atoms with van der Waals surface area (Å²) < 4.78 is 138. The highest BCUT2D eigenvalue weighted by Gasteiger charge is 2.51. The number of H-pyrrole nitrogens is 3. The molecule has 5 aliphatic rings. The number of rotatable bonds is 40. The molecule has 0 bridgehead atoms. The van der Waals surface area contributed by atoms with Gasteiger partial charge in [0.1, 0.15) is 79.8 Å². The number of hydrogen-bond donors (Lipinski definition) is 14. The van der Waals surface area contributed by atoms with Crippen molar-refractivity contribution in [2.45, 2.75) is 165 Å². The van der Waals surface area contributed by atoms with E-state index < -0.39 is 211 Å². The molecule has 0 radical (unpaired) electrons. The number of amides is 2. The first-order chi connectivity index (χ1) is 47.5. The average molecular weight is 1580 g/mol. The Hall–Kier alpha value is -4.02. The molecule has 570 valence electrons. The largest absolute Gasteiger partial charge is 0.472 e. The predicted molar refractivity (Wildman–Crippen MR) is 347 cm³/mol. The molecular weight excluding hydrogens is 1500 g/mol. The van der Waals surface area contributed by atoms with Crippen LogP contribution >= 0.6 is 60.7 Å². The van der Waals surface area contributed by atoms with E-state index in [9.17, 15) is 96.0 Å². The van der Waals surface area contributed by atoms with E-state index in [1.165, 1.54) is 33.0 Å². The van der Waals surface area contributed by atoms with Gasteiger partial charge in [0.25, 0.3) is 16.7 Å². The van der Waals surface area contributed by atoms with Crippen LogP contribution in [0.15, 0.2) is 59.6 Å². The summed E-state index contributed by atoms with van der Waals surface area (Å²) in [4.78, 5) is 158. The normalized spacial score (nSPS) is 28.6. The van der Waals surface area contributed by atoms with Crippen LogP contribution in [0.1, 0.15) is 93.2 Å². The van der Waals surface area contributed by atoms with Gasteiger partial charge in [-0.3, -0.25) is 94.0 Å². The molecule has 5 aliphatic heterocycles. The van der Waals surface area contributed by atoms with Crippen LogP contribution in [0.4, 0.5) is 4.79 Å². The van der Waals surface area contributed by atoms with E-state index in [1.54, 1.807) is 21.6 Å². The number of aromatic amines is 3. The van der Waals surface area contributed by atoms with Crippen LogP contribution in [0.2, 0.25) is 0 Å². The number of urea groups is 1. The van der Waals surface area contributed by atoms with E-state index in [0.29, 0.717) is 50.8 Å². The lowest BCUT2D eigenvalue weighted by atomic mass is 10.1. The number of ether oxygens (including phenoxy) is 4. The second-order valence-corrected chi connectivity index (χ2v) is 33.0. The van der Waals surface area contributed by atoms with Gasteiger partial charge >= 0.3 is 62.2 Å². The molecule has 3 aromatic rings. The Morgan fingerprint density at radius 3 is 1.35 bits per heavy atom. The first kappa shape index (κ1) is 82.6. The maximum atomic E-state index is 14.0. The second-order valence-electron chi connectivity index (χ2n) is 23.3. The smallest absolute Gasteiger partial charge is 0.396 e. The number of unbranched alkanes of at least 4 members (excludes halogenated alkanes) is 3. The molecule has 2 amide bonds. The number of hydrogen-bond acceptors (Lipinski definition) is 31. The van der Waals surface area contributed by atoms with Gasteiger partial charge in [-0.25, -0.2) is 42.0 Å². The van der Waals surface area contributed by atoms with Crippen molar-refractivity contribution in [2.75, 3.05) is 64.3 Å². The zero-order valence-corrected chi connectivity index (χ0v) is 60.1. The van der Waals surface area contributed by atoms with Crippen molar-refractivity contribution in [3.63, 3.8) is 0 Å². The maximum Gasteiger partial charge on any atom is 0.472 e. The Labute approximate surface area is 579 Å². The predicted octanol–water partition coefficient (Wildman–Crippen LogP) is -0.210. The number of phosphoric acid groups is 5. The van der Waals surface area contributed by atoms with Crippen molar-refractivity contribution in [2.24, 2.45) is 0 Å². The van der Waals surface area contributed by atoms with Crippen LogP contribution in [-0.4, -0.2) is 216 Å². The van der Waals surface area contributed by atoms with Crippen molar-refractivity contribution in [3.8, 4) is 0 Å². The number of carbonyl (C=O) groups excluding carboxylic acids is 1. The van der Waals surface area contributed by atoms with Gasteiger partial charge in [-0.2, -0.15) is 0 Å². The topological polar surface area (TPSA) is 596 Å². The molecule has 43 nitrogen and oxygen atoms in total. The number of aryl methyl sites for hydroxylation is 3. The summed E-state index contributed by atoms with van der Waals surface area (Å²) in [6.07, 6.45) is -14.2. The van der Waals surface area contributed by atoms with Crippen LogP contribution in [0.25, 0.3) is 0 Å². The van der Waals surface area contributed by atoms with E-state index in [4.69, 9.17) is 60.2 Å². The number of aliphatic hydroxyl groups excluding tert-OH is 3. The van der Waals surface area contributed by atoms with Crippen LogP contribution in [0.3, 0.4) is 0 Å². The molecule has 8 heterocycles. The monoisotopic (exact) mass is 1580 g/mol. The molecule has 4 saturated heterocycles. The van der Waals surface area contributed by atoms with Gasteiger partial charge in [-0.15, -0.1) is 0 Å². The summed E-state index contributed by atoms with van der Waals surface area (Å²) in [5, 5.41) is 36.6. The van der Waals surface area contributed by atoms with E-state index >= 15 is 0 Å². The van der Waals surface area contributed by atoms with Crippen molar-refractivity contribution in [1.82, 2.24) is 44.2 Å². The molecule has 14 N–H and O–H groups in total. The summed E-state index contributed by atoms with van der Waals surface area (Å²) in [5.74, 6) is 1.50. The van der Waals surface area contributed by atoms with E-state index in [1.807, 2.05) is 9.97 Å². The third-order valence-corrected chi connectivity index (χ3v) is 22.8. The van der Waals surface area contributed by atoms with E-state index in [0.717, 1.165) is 42.9 Å². The number of phosphoric ester groups is 5. The van der Waals surface area contributed by atoms with E-state index in [2.05, 4.69) is 20.1 Å². The summed E-state index contributed by atoms with van der Waals surface area (Å²) in [6.45, 7) is 0.390. The van der Waals surface area contributed by atoms with E-state index in [-0.39, 0.29) is 36.5 Å². The van der Waals surface area contributed by atoms with Crippen LogP contribution in [-0.2, 0) is 82.5 Å². The molecule has 8 rings (SSSR count). The number of nitrogens with one attached hydrogen (secondary N) is 5. The van der Waals surface area contributed by atoms with Crippen molar-refractivity contribution in [1.29, 1.82) is 0 Å². The molecule has 0 aliphatic carbocycles. The van der Waals surface area contributed by atoms with Crippen molar-refractivity contribution in [3.05, 3.63) is 110 Å². The van der Waals surface area contributed by atoms with Gasteiger partial charge in [0.05, 0.1) is 39.6 Å². The standard InChI is InChI=1S/C51H80N9O34P5S2/c1-28-21-58(49(68)54-44(28)64)39-18-31(34(88-39)24-84-95(71,72)73)92-97(76,77)85-25-35-32(19-40(89-35)59-22-29(2)45(65)55-50(59)69)93-98(78,79)86-26-36-33(20-41(90-36)60-23-30(3)46(66)56-51(60)70)94-99(80,81)87-27-37-42(62)43(63)47(91-37)57-12-10-38(53-48(57)67)52-11-6-4-5-7-14-82-96(74,75)83-15-9-17-101-100-16-8-13-61/h10,12,21-23,31-43,47,52,61-63H,4-9,11,13-20,24-27H2,1-3H3,(H,53,67)(H,74,75)(H,76,77)(H,78,79)(H,80,81)(H,54,64,68)(H,55,65,69)(H,56,66,70)(H2,71,72,73). The molecule has 101 heavy (non-hydrogen) atoms. The average Bonchev–Trinajstić information content (AvgIpc) is 1.68. The summed E-state index contributed by atoms with van der Waals surface area (Å²) in [6, 6.07) is -0.784. The molecule has 0 aromatic carbocycles. The lowest BCUT2D eigenvalue weighted by Gasteiger charge is -2.32. The number of aromatic nitrogens is 6. The van der Waals surface area contributed by atoms with Gasteiger partial charge in [-0.1, -0.05) is 34.4 Å². The molecule has 3 aromatic heterocycles. The maximum absolute atomic E-state index is 14.0. The summed E-state index contributed by atoms with van der Waals surface area (Å²) >= 11 is 0. The first-order valence-corrected chi connectivity index (χ1v) is 41.1. The highest BCUT2D eigenvalue weighted by Crippen LogP contribution is 2.54. The zero-order valence-electron chi connectivity index (χ0n) is 54.0. The highest BCUT2D eigenvalue weighted by molar-refractivity contribution is 8.76. The molecular formula is C51H80N9O34P5S2. The summed E-state index contributed by atoms with van der Waals surface area (Å²) in [5.41, 5.74) is -5.45. The Bertz CT molecular complexity index is 3990. The molecule has 18 unspecified atom stereocenters. The van der Waals surface area contributed by atoms with Gasteiger partial charge in [0, 0.05) is 78.9 Å². The third-order valence-electron chi connectivity index (χ3n) is 15.7. The first-order valence-electron chi connectivity index (χ1n) is 31.1. The fourth-order valence-corrected chi connectivity index (χ4v) is 16.7. The summed E-state index contributed by atoms with van der Waals surface area (Å²) in [7, 11) is -22.7. The number of carbonyl (C=O) groups is 1. The quantitative estimate of drug-likeness (QED) is 0.0199. The third kappa shape index (κ3) is 24.2. The van der Waals surface area contributed by atoms with Crippen LogP contribution in [0.5, 0.6) is 0 Å². The van der Waals surface area contributed by atoms with Gasteiger partial charge in [0.2, 0.25) is 0 Å². The fourth-order valence-electron chi connectivity index (χ4n) is 10.6. The van der Waals surface area contributed by atoms with Crippen molar-refractivity contribution < 1.29 is 132 Å². The Kier molecular flexibility index (Phi) is 29.9. The molecule has 0 saturated carbocycles. The highest BCUT2D eigenvalue weighted by atomic mass is 33.1. The Balaban J connectivity index is 0.863. The molecule has 0 spiro atoms.